The minimum Gasteiger partial charge on any atom is -0.355 e. The van der Waals surface area contributed by atoms with Crippen molar-refractivity contribution in [3.63, 3.8) is 0 Å². The second kappa shape index (κ2) is 7.26. The SMILES string of the molecule is CNC(=O)c1ccc(/C=C/C(=O)c2ccc(C(C)(C)C)cc2)cc1. The lowest BCUT2D eigenvalue weighted by Gasteiger charge is -2.18. The van der Waals surface area contributed by atoms with Crippen LogP contribution in [0.4, 0.5) is 0 Å². The zero-order chi connectivity index (χ0) is 17.7. The fraction of sp³-hybridized carbons (Fsp3) is 0.238. The number of carbonyl (C=O) groups excluding carboxylic acids is 2. The summed E-state index contributed by atoms with van der Waals surface area (Å²) >= 11 is 0. The Hall–Kier alpha value is -2.68. The van der Waals surface area contributed by atoms with Gasteiger partial charge in [0.1, 0.15) is 0 Å². The Morgan fingerprint density at radius 3 is 1.92 bits per heavy atom. The predicted molar refractivity (Wildman–Crippen MR) is 98.3 cm³/mol. The molecule has 0 unspecified atom stereocenters. The topological polar surface area (TPSA) is 46.2 Å². The van der Waals surface area contributed by atoms with Crippen LogP contribution in [0.15, 0.2) is 54.6 Å². The molecule has 0 atom stereocenters. The van der Waals surface area contributed by atoms with E-state index in [4.69, 9.17) is 0 Å². The third-order valence-corrected chi connectivity index (χ3v) is 3.86. The van der Waals surface area contributed by atoms with Crippen molar-refractivity contribution in [3.8, 4) is 0 Å². The van der Waals surface area contributed by atoms with Gasteiger partial charge in [-0.15, -0.1) is 0 Å². The standard InChI is InChI=1S/C21H23NO2/c1-21(2,3)18-12-10-16(11-13-18)19(23)14-7-15-5-8-17(9-6-15)20(24)22-4/h5-14H,1-4H3,(H,22,24)/b14-7+. The van der Waals surface area contributed by atoms with Crippen molar-refractivity contribution in [3.05, 3.63) is 76.9 Å². The highest BCUT2D eigenvalue weighted by Gasteiger charge is 2.13. The van der Waals surface area contributed by atoms with Gasteiger partial charge >= 0.3 is 0 Å². The van der Waals surface area contributed by atoms with Gasteiger partial charge in [0.2, 0.25) is 0 Å². The summed E-state index contributed by atoms with van der Waals surface area (Å²) in [4.78, 5) is 23.7. The van der Waals surface area contributed by atoms with Crippen LogP contribution in [0.1, 0.15) is 52.6 Å². The van der Waals surface area contributed by atoms with Crippen molar-refractivity contribution in [2.45, 2.75) is 26.2 Å². The second-order valence-corrected chi connectivity index (χ2v) is 6.73. The maximum atomic E-state index is 12.2. The molecule has 3 nitrogen and oxygen atoms in total. The lowest BCUT2D eigenvalue weighted by Crippen LogP contribution is -2.17. The first kappa shape index (κ1) is 17.7. The molecule has 0 saturated carbocycles. The molecule has 0 aliphatic rings. The molecule has 2 aromatic carbocycles. The van der Waals surface area contributed by atoms with Gasteiger partial charge in [-0.05, 0) is 34.8 Å². The molecule has 1 amide bonds. The molecule has 0 spiro atoms. The van der Waals surface area contributed by atoms with Crippen LogP contribution in [0.25, 0.3) is 6.08 Å². The maximum absolute atomic E-state index is 12.2. The van der Waals surface area contributed by atoms with E-state index in [1.807, 2.05) is 36.4 Å². The number of carbonyl (C=O) groups is 2. The smallest absolute Gasteiger partial charge is 0.251 e. The van der Waals surface area contributed by atoms with Gasteiger partial charge in [0, 0.05) is 18.2 Å². The predicted octanol–water partition coefficient (Wildman–Crippen LogP) is 4.24. The van der Waals surface area contributed by atoms with Gasteiger partial charge in [-0.1, -0.05) is 63.2 Å². The molecular formula is C21H23NO2. The van der Waals surface area contributed by atoms with Crippen LogP contribution >= 0.6 is 0 Å². The Morgan fingerprint density at radius 2 is 1.42 bits per heavy atom. The summed E-state index contributed by atoms with van der Waals surface area (Å²) in [5.74, 6) is -0.161. The summed E-state index contributed by atoms with van der Waals surface area (Å²) in [6.07, 6.45) is 3.31. The summed E-state index contributed by atoms with van der Waals surface area (Å²) in [6, 6.07) is 14.8. The Labute approximate surface area is 143 Å². The number of hydrogen-bond acceptors (Lipinski definition) is 2. The van der Waals surface area contributed by atoms with Crippen molar-refractivity contribution in [2.24, 2.45) is 0 Å². The van der Waals surface area contributed by atoms with Crippen LogP contribution in [0.2, 0.25) is 0 Å². The zero-order valence-electron chi connectivity index (χ0n) is 14.6. The highest BCUT2D eigenvalue weighted by Crippen LogP contribution is 2.22. The molecular weight excluding hydrogens is 298 g/mol. The molecule has 0 aromatic heterocycles. The van der Waals surface area contributed by atoms with E-state index in [1.54, 1.807) is 31.3 Å². The first-order valence-corrected chi connectivity index (χ1v) is 7.96. The molecule has 0 bridgehead atoms. The van der Waals surface area contributed by atoms with E-state index in [-0.39, 0.29) is 17.1 Å². The Kier molecular flexibility index (Phi) is 5.35. The van der Waals surface area contributed by atoms with Gasteiger partial charge in [0.25, 0.3) is 5.91 Å². The average molecular weight is 321 g/mol. The maximum Gasteiger partial charge on any atom is 0.251 e. The van der Waals surface area contributed by atoms with Crippen LogP contribution < -0.4 is 5.32 Å². The largest absolute Gasteiger partial charge is 0.355 e. The molecule has 0 aliphatic heterocycles. The van der Waals surface area contributed by atoms with Crippen molar-refractivity contribution >= 4 is 17.8 Å². The van der Waals surface area contributed by atoms with Gasteiger partial charge < -0.3 is 5.32 Å². The minimum absolute atomic E-state index is 0.0363. The summed E-state index contributed by atoms with van der Waals surface area (Å²) in [6.45, 7) is 6.44. The molecule has 0 radical (unpaired) electrons. The lowest BCUT2D eigenvalue weighted by molar-refractivity contribution is 0.0962. The fourth-order valence-electron chi connectivity index (χ4n) is 2.29. The van der Waals surface area contributed by atoms with Gasteiger partial charge in [-0.3, -0.25) is 9.59 Å². The van der Waals surface area contributed by atoms with Gasteiger partial charge in [0.15, 0.2) is 5.78 Å². The second-order valence-electron chi connectivity index (χ2n) is 6.73. The third kappa shape index (κ3) is 4.42. The highest BCUT2D eigenvalue weighted by atomic mass is 16.1. The van der Waals surface area contributed by atoms with Crippen molar-refractivity contribution < 1.29 is 9.59 Å². The molecule has 0 saturated heterocycles. The van der Waals surface area contributed by atoms with Gasteiger partial charge in [-0.25, -0.2) is 0 Å². The summed E-state index contributed by atoms with van der Waals surface area (Å²) in [5, 5.41) is 2.58. The monoisotopic (exact) mass is 321 g/mol. The summed E-state index contributed by atoms with van der Waals surface area (Å²) in [5.41, 5.74) is 3.42. The van der Waals surface area contributed by atoms with E-state index in [0.717, 1.165) is 5.56 Å². The number of hydrogen-bond donors (Lipinski definition) is 1. The van der Waals surface area contributed by atoms with Gasteiger partial charge in [-0.2, -0.15) is 0 Å². The molecule has 2 rings (SSSR count). The van der Waals surface area contributed by atoms with E-state index in [9.17, 15) is 9.59 Å². The number of allylic oxidation sites excluding steroid dienone is 1. The normalized spacial score (nSPS) is 11.5. The fourth-order valence-corrected chi connectivity index (χ4v) is 2.29. The number of ketones is 1. The number of amides is 1. The van der Waals surface area contributed by atoms with Gasteiger partial charge in [0.05, 0.1) is 0 Å². The van der Waals surface area contributed by atoms with Crippen LogP contribution in [-0.4, -0.2) is 18.7 Å². The highest BCUT2D eigenvalue weighted by molar-refractivity contribution is 6.06. The van der Waals surface area contributed by atoms with Crippen LogP contribution in [0.5, 0.6) is 0 Å². The Balaban J connectivity index is 2.08. The van der Waals surface area contributed by atoms with E-state index >= 15 is 0 Å². The number of benzene rings is 2. The van der Waals surface area contributed by atoms with Crippen molar-refractivity contribution in [1.29, 1.82) is 0 Å². The summed E-state index contributed by atoms with van der Waals surface area (Å²) < 4.78 is 0. The quantitative estimate of drug-likeness (QED) is 0.676. The van der Waals surface area contributed by atoms with Crippen LogP contribution in [0.3, 0.4) is 0 Å². The molecule has 2 aromatic rings. The number of rotatable bonds is 4. The first-order chi connectivity index (χ1) is 11.3. The van der Waals surface area contributed by atoms with Crippen molar-refractivity contribution in [2.75, 3.05) is 7.05 Å². The zero-order valence-corrected chi connectivity index (χ0v) is 14.6. The Bertz CT molecular complexity index is 748. The Morgan fingerprint density at radius 1 is 0.875 bits per heavy atom. The van der Waals surface area contributed by atoms with E-state index in [0.29, 0.717) is 11.1 Å². The molecule has 0 fully saturated rings. The molecule has 124 valence electrons. The molecule has 0 heterocycles. The molecule has 1 N–H and O–H groups in total. The van der Waals surface area contributed by atoms with Crippen molar-refractivity contribution in [1.82, 2.24) is 5.32 Å². The molecule has 3 heteroatoms. The van der Waals surface area contributed by atoms with E-state index in [1.165, 1.54) is 5.56 Å². The average Bonchev–Trinajstić information content (AvgIpc) is 2.58. The summed E-state index contributed by atoms with van der Waals surface area (Å²) in [7, 11) is 1.60. The van der Waals surface area contributed by atoms with E-state index in [2.05, 4.69) is 26.1 Å². The molecule has 0 aliphatic carbocycles. The number of nitrogens with one attached hydrogen (secondary N) is 1. The third-order valence-electron chi connectivity index (χ3n) is 3.86. The minimum atomic E-state index is -0.124. The van der Waals surface area contributed by atoms with Crippen LogP contribution in [-0.2, 0) is 5.41 Å². The lowest BCUT2D eigenvalue weighted by atomic mass is 9.86. The van der Waals surface area contributed by atoms with Crippen LogP contribution in [0, 0.1) is 0 Å². The van der Waals surface area contributed by atoms with E-state index < -0.39 is 0 Å². The molecule has 24 heavy (non-hydrogen) atoms. The first-order valence-electron chi connectivity index (χ1n) is 7.96.